The Morgan fingerprint density at radius 3 is 2.65 bits per heavy atom. The summed E-state index contributed by atoms with van der Waals surface area (Å²) in [6.07, 6.45) is 2.22. The number of nitrogens with two attached hydrogens (primary N) is 1. The summed E-state index contributed by atoms with van der Waals surface area (Å²) in [5.74, 6) is 1.24. The highest BCUT2D eigenvalue weighted by Gasteiger charge is 2.14. The van der Waals surface area contributed by atoms with E-state index in [1.54, 1.807) is 4.68 Å². The highest BCUT2D eigenvalue weighted by Crippen LogP contribution is 2.30. The maximum Gasteiger partial charge on any atom is 0.241 e. The molecule has 0 bridgehead atoms. The van der Waals surface area contributed by atoms with E-state index in [4.69, 9.17) is 15.7 Å². The van der Waals surface area contributed by atoms with E-state index in [0.29, 0.717) is 23.7 Å². The first-order valence-corrected chi connectivity index (χ1v) is 6.60. The van der Waals surface area contributed by atoms with E-state index in [-0.39, 0.29) is 0 Å². The zero-order valence-corrected chi connectivity index (χ0v) is 11.8. The maximum atomic E-state index is 8.64. The van der Waals surface area contributed by atoms with Gasteiger partial charge in [-0.25, -0.2) is 4.68 Å². The third-order valence-electron chi connectivity index (χ3n) is 3.01. The number of nitrogen functional groups attached to an aromatic ring is 1. The van der Waals surface area contributed by atoms with Crippen molar-refractivity contribution in [3.05, 3.63) is 35.5 Å². The smallest absolute Gasteiger partial charge is 0.241 e. The summed E-state index contributed by atoms with van der Waals surface area (Å²) < 4.78 is 7.45. The Morgan fingerprint density at radius 1 is 1.35 bits per heavy atom. The average molecular weight is 270 g/mol. The van der Waals surface area contributed by atoms with Crippen LogP contribution in [0.25, 0.3) is 0 Å². The van der Waals surface area contributed by atoms with Crippen molar-refractivity contribution in [1.29, 1.82) is 5.26 Å². The van der Waals surface area contributed by atoms with Crippen LogP contribution >= 0.6 is 0 Å². The molecule has 0 unspecified atom stereocenters. The van der Waals surface area contributed by atoms with Crippen LogP contribution in [0.3, 0.4) is 0 Å². The largest absolute Gasteiger partial charge is 0.437 e. The molecule has 2 N–H and O–H groups in total. The third kappa shape index (κ3) is 2.91. The molecule has 1 heterocycles. The van der Waals surface area contributed by atoms with E-state index in [2.05, 4.69) is 18.1 Å². The Bertz CT molecular complexity index is 623. The predicted octanol–water partition coefficient (Wildman–Crippen LogP) is 2.81. The molecule has 0 spiro atoms. The van der Waals surface area contributed by atoms with Crippen molar-refractivity contribution < 1.29 is 4.74 Å². The molecule has 0 aliphatic rings. The number of aromatic nitrogens is 2. The van der Waals surface area contributed by atoms with Crippen molar-refractivity contribution in [2.24, 2.45) is 7.05 Å². The number of aryl methyl sites for hydroxylation is 2. The van der Waals surface area contributed by atoms with Gasteiger partial charge in [-0.05, 0) is 24.1 Å². The van der Waals surface area contributed by atoms with Gasteiger partial charge in [0.15, 0.2) is 0 Å². The number of ether oxygens (including phenoxy) is 1. The first-order chi connectivity index (χ1) is 9.65. The third-order valence-corrected chi connectivity index (χ3v) is 3.01. The number of hydrogen-bond donors (Lipinski definition) is 1. The Morgan fingerprint density at radius 2 is 2.05 bits per heavy atom. The number of nitrogens with zero attached hydrogens (tertiary/aromatic N) is 3. The lowest BCUT2D eigenvalue weighted by Gasteiger charge is -2.07. The Hall–Kier alpha value is -2.48. The highest BCUT2D eigenvalue weighted by molar-refractivity contribution is 5.54. The summed E-state index contributed by atoms with van der Waals surface area (Å²) in [7, 11) is 1.81. The molecule has 0 aliphatic carbocycles. The number of benzene rings is 1. The fourth-order valence-corrected chi connectivity index (χ4v) is 2.00. The highest BCUT2D eigenvalue weighted by atomic mass is 16.5. The van der Waals surface area contributed by atoms with Crippen molar-refractivity contribution in [3.63, 3.8) is 0 Å². The van der Waals surface area contributed by atoms with Gasteiger partial charge in [0.2, 0.25) is 5.88 Å². The molecule has 0 amide bonds. The minimum Gasteiger partial charge on any atom is -0.437 e. The van der Waals surface area contributed by atoms with Gasteiger partial charge in [0.1, 0.15) is 11.4 Å². The quantitative estimate of drug-likeness (QED) is 0.906. The summed E-state index contributed by atoms with van der Waals surface area (Å²) in [4.78, 5) is 0. The molecule has 5 heteroatoms. The number of nitriles is 1. The van der Waals surface area contributed by atoms with Gasteiger partial charge in [-0.3, -0.25) is 0 Å². The molecule has 104 valence electrons. The molecule has 0 radical (unpaired) electrons. The molecular formula is C15H18N4O. The summed E-state index contributed by atoms with van der Waals surface area (Å²) in [5.41, 5.74) is 8.49. The standard InChI is InChI=1S/C15H18N4O/c1-3-4-13-14(17)15(19(2)18-13)20-12-7-5-11(6-8-12)9-10-16/h5-8H,3-4,9,17H2,1-2H3. The van der Waals surface area contributed by atoms with Gasteiger partial charge in [-0.2, -0.15) is 10.4 Å². The fraction of sp³-hybridized carbons (Fsp3) is 0.333. The first kappa shape index (κ1) is 13.9. The lowest BCUT2D eigenvalue weighted by Crippen LogP contribution is -1.97. The molecule has 2 aromatic rings. The van der Waals surface area contributed by atoms with Gasteiger partial charge in [0.05, 0.1) is 18.2 Å². The maximum absolute atomic E-state index is 8.64. The van der Waals surface area contributed by atoms with Crippen LogP contribution in [0.2, 0.25) is 0 Å². The van der Waals surface area contributed by atoms with Crippen LogP contribution < -0.4 is 10.5 Å². The molecule has 0 saturated carbocycles. The van der Waals surface area contributed by atoms with E-state index >= 15 is 0 Å². The second-order valence-corrected chi connectivity index (χ2v) is 4.62. The van der Waals surface area contributed by atoms with Crippen molar-refractivity contribution in [2.45, 2.75) is 26.2 Å². The lowest BCUT2D eigenvalue weighted by atomic mass is 10.2. The Balaban J connectivity index is 2.19. The molecule has 20 heavy (non-hydrogen) atoms. The van der Waals surface area contributed by atoms with Crippen LogP contribution in [0.1, 0.15) is 24.6 Å². The first-order valence-electron chi connectivity index (χ1n) is 6.60. The van der Waals surface area contributed by atoms with E-state index in [1.807, 2.05) is 31.3 Å². The molecule has 1 aromatic carbocycles. The van der Waals surface area contributed by atoms with Crippen LogP contribution in [0, 0.1) is 11.3 Å². The van der Waals surface area contributed by atoms with Crippen molar-refractivity contribution >= 4 is 5.69 Å². The number of rotatable bonds is 5. The van der Waals surface area contributed by atoms with Crippen LogP contribution in [-0.2, 0) is 19.9 Å². The van der Waals surface area contributed by atoms with E-state index in [1.165, 1.54) is 0 Å². The lowest BCUT2D eigenvalue weighted by molar-refractivity contribution is 0.432. The molecule has 0 fully saturated rings. The number of anilines is 1. The number of hydrogen-bond acceptors (Lipinski definition) is 4. The second kappa shape index (κ2) is 6.11. The van der Waals surface area contributed by atoms with Gasteiger partial charge in [-0.15, -0.1) is 0 Å². The SMILES string of the molecule is CCCc1nn(C)c(Oc2ccc(CC#N)cc2)c1N. The van der Waals surface area contributed by atoms with Gasteiger partial charge < -0.3 is 10.5 Å². The zero-order chi connectivity index (χ0) is 14.5. The van der Waals surface area contributed by atoms with Crippen LogP contribution in [0.15, 0.2) is 24.3 Å². The topological polar surface area (TPSA) is 76.9 Å². The summed E-state index contributed by atoms with van der Waals surface area (Å²) in [6, 6.07) is 9.52. The zero-order valence-electron chi connectivity index (χ0n) is 11.8. The molecular weight excluding hydrogens is 252 g/mol. The van der Waals surface area contributed by atoms with Crippen molar-refractivity contribution in [2.75, 3.05) is 5.73 Å². The minimum atomic E-state index is 0.398. The molecule has 0 aliphatic heterocycles. The summed E-state index contributed by atoms with van der Waals surface area (Å²) in [5, 5.41) is 13.0. The van der Waals surface area contributed by atoms with E-state index in [0.717, 1.165) is 24.1 Å². The second-order valence-electron chi connectivity index (χ2n) is 4.62. The predicted molar refractivity (Wildman–Crippen MR) is 77.4 cm³/mol. The molecule has 0 saturated heterocycles. The van der Waals surface area contributed by atoms with Gasteiger partial charge in [-0.1, -0.05) is 25.5 Å². The Labute approximate surface area is 118 Å². The van der Waals surface area contributed by atoms with E-state index < -0.39 is 0 Å². The van der Waals surface area contributed by atoms with Crippen LogP contribution in [-0.4, -0.2) is 9.78 Å². The fourth-order valence-electron chi connectivity index (χ4n) is 2.00. The Kier molecular flexibility index (Phi) is 4.26. The summed E-state index contributed by atoms with van der Waals surface area (Å²) in [6.45, 7) is 2.09. The molecule has 2 rings (SSSR count). The van der Waals surface area contributed by atoms with Gasteiger partial charge in [0.25, 0.3) is 0 Å². The van der Waals surface area contributed by atoms with Gasteiger partial charge >= 0.3 is 0 Å². The van der Waals surface area contributed by atoms with Crippen LogP contribution in [0.4, 0.5) is 5.69 Å². The van der Waals surface area contributed by atoms with Crippen molar-refractivity contribution in [1.82, 2.24) is 9.78 Å². The van der Waals surface area contributed by atoms with Crippen LogP contribution in [0.5, 0.6) is 11.6 Å². The minimum absolute atomic E-state index is 0.398. The monoisotopic (exact) mass is 270 g/mol. The normalized spacial score (nSPS) is 10.2. The molecule has 0 atom stereocenters. The van der Waals surface area contributed by atoms with E-state index in [9.17, 15) is 0 Å². The molecule has 5 nitrogen and oxygen atoms in total. The van der Waals surface area contributed by atoms with Gasteiger partial charge in [0, 0.05) is 7.05 Å². The van der Waals surface area contributed by atoms with Crippen molar-refractivity contribution in [3.8, 4) is 17.7 Å². The average Bonchev–Trinajstić information content (AvgIpc) is 2.69. The molecule has 1 aromatic heterocycles. The summed E-state index contributed by atoms with van der Waals surface area (Å²) >= 11 is 0.